The monoisotopic (exact) mass is 212 g/mol. The van der Waals surface area contributed by atoms with Crippen LogP contribution in [0.2, 0.25) is 4.47 Å². The second-order valence-electron chi connectivity index (χ2n) is 2.42. The quantitative estimate of drug-likeness (QED) is 0.790. The van der Waals surface area contributed by atoms with Gasteiger partial charge in [0.25, 0.3) is 0 Å². The molecule has 0 bridgehead atoms. The molecular formula is C8H5ClN2OS. The lowest BCUT2D eigenvalue weighted by atomic mass is 10.2. The van der Waals surface area contributed by atoms with Gasteiger partial charge in [-0.05, 0) is 35.3 Å². The van der Waals surface area contributed by atoms with Crippen LogP contribution in [0.3, 0.4) is 0 Å². The van der Waals surface area contributed by atoms with E-state index in [4.69, 9.17) is 11.6 Å². The van der Waals surface area contributed by atoms with Crippen LogP contribution in [-0.4, -0.2) is 14.5 Å². The van der Waals surface area contributed by atoms with Crippen LogP contribution in [0, 0.1) is 0 Å². The minimum absolute atomic E-state index is 0.198. The predicted octanol–water partition coefficient (Wildman–Crippen LogP) is 2.56. The lowest BCUT2D eigenvalue weighted by molar-refractivity contribution is 0.475. The Morgan fingerprint density at radius 1 is 1.38 bits per heavy atom. The molecule has 1 heterocycles. The third-order valence-corrected chi connectivity index (χ3v) is 2.30. The largest absolute Gasteiger partial charge is 0.508 e. The fourth-order valence-corrected chi connectivity index (χ4v) is 1.59. The molecule has 2 rings (SSSR count). The van der Waals surface area contributed by atoms with Crippen LogP contribution in [-0.2, 0) is 0 Å². The average molecular weight is 213 g/mol. The maximum absolute atomic E-state index is 9.20. The third-order valence-electron chi connectivity index (χ3n) is 1.51. The molecule has 2 aromatic rings. The van der Waals surface area contributed by atoms with E-state index in [0.29, 0.717) is 10.3 Å². The topological polar surface area (TPSA) is 46.0 Å². The van der Waals surface area contributed by atoms with Gasteiger partial charge in [-0.1, -0.05) is 12.1 Å². The maximum atomic E-state index is 9.20. The van der Waals surface area contributed by atoms with Crippen LogP contribution >= 0.6 is 23.1 Å². The second kappa shape index (κ2) is 3.32. The van der Waals surface area contributed by atoms with E-state index >= 15 is 0 Å². The summed E-state index contributed by atoms with van der Waals surface area (Å²) < 4.78 is 4.42. The van der Waals surface area contributed by atoms with E-state index in [1.54, 1.807) is 18.2 Å². The highest BCUT2D eigenvalue weighted by molar-refractivity contribution is 7.10. The molecule has 1 aromatic carbocycles. The summed E-state index contributed by atoms with van der Waals surface area (Å²) in [5, 5.41) is 9.20. The first-order valence-corrected chi connectivity index (χ1v) is 4.69. The molecule has 1 aromatic heterocycles. The highest BCUT2D eigenvalue weighted by Gasteiger charge is 2.04. The molecular weight excluding hydrogens is 208 g/mol. The van der Waals surface area contributed by atoms with Crippen molar-refractivity contribution < 1.29 is 5.11 Å². The number of halogens is 1. The number of aromatic hydroxyl groups is 1. The van der Waals surface area contributed by atoms with Crippen molar-refractivity contribution in [3.05, 3.63) is 28.7 Å². The van der Waals surface area contributed by atoms with Crippen LogP contribution < -0.4 is 0 Å². The molecule has 0 radical (unpaired) electrons. The smallest absolute Gasteiger partial charge is 0.203 e. The summed E-state index contributed by atoms with van der Waals surface area (Å²) in [6, 6.07) is 6.74. The molecule has 0 saturated carbocycles. The van der Waals surface area contributed by atoms with Crippen LogP contribution in [0.15, 0.2) is 24.3 Å². The van der Waals surface area contributed by atoms with Crippen LogP contribution in [0.25, 0.3) is 11.4 Å². The van der Waals surface area contributed by atoms with Crippen molar-refractivity contribution >= 4 is 23.1 Å². The maximum Gasteiger partial charge on any atom is 0.203 e. The number of phenols is 1. The van der Waals surface area contributed by atoms with E-state index in [1.807, 2.05) is 6.07 Å². The molecule has 0 fully saturated rings. The number of aromatic nitrogens is 2. The Kier molecular flexibility index (Phi) is 2.16. The van der Waals surface area contributed by atoms with Gasteiger partial charge >= 0.3 is 0 Å². The number of hydrogen-bond acceptors (Lipinski definition) is 4. The zero-order valence-corrected chi connectivity index (χ0v) is 8.01. The van der Waals surface area contributed by atoms with Gasteiger partial charge in [-0.3, -0.25) is 0 Å². The van der Waals surface area contributed by atoms with Crippen molar-refractivity contribution in [3.63, 3.8) is 0 Å². The van der Waals surface area contributed by atoms with Gasteiger partial charge < -0.3 is 5.11 Å². The van der Waals surface area contributed by atoms with Crippen molar-refractivity contribution in [1.29, 1.82) is 0 Å². The average Bonchev–Trinajstić information content (AvgIpc) is 2.52. The summed E-state index contributed by atoms with van der Waals surface area (Å²) in [5.74, 6) is 0.745. The van der Waals surface area contributed by atoms with Gasteiger partial charge in [0.05, 0.1) is 0 Å². The summed E-state index contributed by atoms with van der Waals surface area (Å²) in [6.07, 6.45) is 0. The zero-order chi connectivity index (χ0) is 9.26. The van der Waals surface area contributed by atoms with Crippen molar-refractivity contribution in [3.8, 4) is 17.1 Å². The molecule has 5 heteroatoms. The van der Waals surface area contributed by atoms with E-state index in [9.17, 15) is 5.11 Å². The first kappa shape index (κ1) is 8.47. The van der Waals surface area contributed by atoms with Gasteiger partial charge in [0.15, 0.2) is 5.82 Å². The van der Waals surface area contributed by atoms with E-state index in [2.05, 4.69) is 9.36 Å². The van der Waals surface area contributed by atoms with Gasteiger partial charge in [0, 0.05) is 5.56 Å². The van der Waals surface area contributed by atoms with Crippen LogP contribution in [0.1, 0.15) is 0 Å². The second-order valence-corrected chi connectivity index (χ2v) is 3.76. The predicted molar refractivity (Wildman–Crippen MR) is 52.0 cm³/mol. The standard InChI is InChI=1S/C8H5ClN2OS/c9-8-10-7(11-13-8)5-2-1-3-6(12)4-5/h1-4,12H. The van der Waals surface area contributed by atoms with Gasteiger partial charge in [-0.15, -0.1) is 0 Å². The molecule has 0 unspecified atom stereocenters. The molecule has 66 valence electrons. The summed E-state index contributed by atoms with van der Waals surface area (Å²) in [6.45, 7) is 0. The minimum atomic E-state index is 0.198. The molecule has 0 aliphatic rings. The number of rotatable bonds is 1. The summed E-state index contributed by atoms with van der Waals surface area (Å²) in [4.78, 5) is 3.98. The Morgan fingerprint density at radius 2 is 2.23 bits per heavy atom. The van der Waals surface area contributed by atoms with Crippen molar-refractivity contribution in [2.75, 3.05) is 0 Å². The molecule has 0 amide bonds. The van der Waals surface area contributed by atoms with E-state index in [-0.39, 0.29) is 5.75 Å². The number of benzene rings is 1. The van der Waals surface area contributed by atoms with Crippen LogP contribution in [0.5, 0.6) is 5.75 Å². The number of nitrogens with zero attached hydrogens (tertiary/aromatic N) is 2. The highest BCUT2D eigenvalue weighted by atomic mass is 35.5. The van der Waals surface area contributed by atoms with Crippen molar-refractivity contribution in [2.45, 2.75) is 0 Å². The number of phenolic OH excluding ortho intramolecular Hbond substituents is 1. The number of hydrogen-bond donors (Lipinski definition) is 1. The summed E-state index contributed by atoms with van der Waals surface area (Å²) >= 11 is 6.76. The molecule has 0 spiro atoms. The van der Waals surface area contributed by atoms with Gasteiger partial charge in [-0.25, -0.2) is 4.98 Å². The highest BCUT2D eigenvalue weighted by Crippen LogP contribution is 2.23. The summed E-state index contributed by atoms with van der Waals surface area (Å²) in [7, 11) is 0. The van der Waals surface area contributed by atoms with E-state index < -0.39 is 0 Å². The Bertz CT molecular complexity index is 430. The molecule has 0 aliphatic heterocycles. The Labute approximate surface area is 83.8 Å². The van der Waals surface area contributed by atoms with Crippen molar-refractivity contribution in [2.24, 2.45) is 0 Å². The fourth-order valence-electron chi connectivity index (χ4n) is 0.967. The SMILES string of the molecule is Oc1cccc(-c2nsc(Cl)n2)c1. The Morgan fingerprint density at radius 3 is 2.85 bits per heavy atom. The van der Waals surface area contributed by atoms with Crippen LogP contribution in [0.4, 0.5) is 0 Å². The molecule has 0 saturated heterocycles. The van der Waals surface area contributed by atoms with Crippen molar-refractivity contribution in [1.82, 2.24) is 9.36 Å². The van der Waals surface area contributed by atoms with Gasteiger partial charge in [0.1, 0.15) is 5.75 Å². The lowest BCUT2D eigenvalue weighted by Gasteiger charge is -1.94. The van der Waals surface area contributed by atoms with E-state index in [0.717, 1.165) is 17.1 Å². The molecule has 13 heavy (non-hydrogen) atoms. The zero-order valence-electron chi connectivity index (χ0n) is 6.44. The first-order chi connectivity index (χ1) is 6.25. The fraction of sp³-hybridized carbons (Fsp3) is 0. The lowest BCUT2D eigenvalue weighted by Crippen LogP contribution is -1.78. The van der Waals surface area contributed by atoms with Gasteiger partial charge in [0.2, 0.25) is 4.47 Å². The molecule has 1 N–H and O–H groups in total. The minimum Gasteiger partial charge on any atom is -0.508 e. The molecule has 3 nitrogen and oxygen atoms in total. The summed E-state index contributed by atoms with van der Waals surface area (Å²) in [5.41, 5.74) is 0.767. The van der Waals surface area contributed by atoms with Gasteiger partial charge in [-0.2, -0.15) is 4.37 Å². The third kappa shape index (κ3) is 1.79. The molecule has 0 atom stereocenters. The molecule has 0 aliphatic carbocycles. The van der Waals surface area contributed by atoms with E-state index in [1.165, 1.54) is 0 Å². The Balaban J connectivity index is 2.46. The normalized spacial score (nSPS) is 10.2. The Hall–Kier alpha value is -1.13. The first-order valence-electron chi connectivity index (χ1n) is 3.54.